The van der Waals surface area contributed by atoms with E-state index in [4.69, 9.17) is 0 Å². The van der Waals surface area contributed by atoms with Crippen LogP contribution < -0.4 is 10.2 Å². The lowest BCUT2D eigenvalue weighted by Gasteiger charge is -2.34. The summed E-state index contributed by atoms with van der Waals surface area (Å²) in [5, 5.41) is 2.92. The molecule has 1 aliphatic heterocycles. The molecule has 2 amide bonds. The summed E-state index contributed by atoms with van der Waals surface area (Å²) < 4.78 is 25.2. The number of anilines is 1. The van der Waals surface area contributed by atoms with Crippen molar-refractivity contribution in [3.05, 3.63) is 24.4 Å². The molecule has 3 rings (SSSR count). The molecule has 0 spiro atoms. The monoisotopic (exact) mass is 324 g/mol. The van der Waals surface area contributed by atoms with Crippen molar-refractivity contribution in [1.82, 2.24) is 15.2 Å². The number of pyridine rings is 1. The number of aromatic nitrogens is 1. The van der Waals surface area contributed by atoms with Gasteiger partial charge in [0.25, 0.3) is 6.43 Å². The van der Waals surface area contributed by atoms with Crippen molar-refractivity contribution in [2.75, 3.05) is 24.5 Å². The van der Waals surface area contributed by atoms with Crippen LogP contribution in [0.1, 0.15) is 25.7 Å². The van der Waals surface area contributed by atoms with E-state index in [2.05, 4.69) is 15.2 Å². The van der Waals surface area contributed by atoms with Crippen molar-refractivity contribution in [3.63, 3.8) is 0 Å². The Morgan fingerprint density at radius 3 is 2.61 bits per heavy atom. The maximum Gasteiger partial charge on any atom is 0.318 e. The molecule has 0 atom stereocenters. The van der Waals surface area contributed by atoms with Crippen LogP contribution in [0.4, 0.5) is 19.4 Å². The fraction of sp³-hybridized carbons (Fsp3) is 0.625. The van der Waals surface area contributed by atoms with Gasteiger partial charge in [0.15, 0.2) is 0 Å². The average molecular weight is 324 g/mol. The molecule has 2 aliphatic rings. The van der Waals surface area contributed by atoms with Crippen LogP contribution in [0.5, 0.6) is 0 Å². The number of amides is 2. The van der Waals surface area contributed by atoms with Gasteiger partial charge in [0.05, 0.1) is 6.54 Å². The van der Waals surface area contributed by atoms with Gasteiger partial charge in [-0.15, -0.1) is 0 Å². The molecule has 1 N–H and O–H groups in total. The minimum absolute atomic E-state index is 0.00222. The largest absolute Gasteiger partial charge is 0.356 e. The van der Waals surface area contributed by atoms with Crippen molar-refractivity contribution >= 4 is 11.8 Å². The van der Waals surface area contributed by atoms with Gasteiger partial charge in [-0.05, 0) is 37.8 Å². The number of piperidine rings is 1. The van der Waals surface area contributed by atoms with Crippen molar-refractivity contribution < 1.29 is 13.6 Å². The number of alkyl halides is 2. The average Bonchev–Trinajstić information content (AvgIpc) is 3.39. The van der Waals surface area contributed by atoms with Gasteiger partial charge in [-0.2, -0.15) is 0 Å². The molecule has 2 fully saturated rings. The van der Waals surface area contributed by atoms with Crippen molar-refractivity contribution in [2.45, 2.75) is 44.2 Å². The quantitative estimate of drug-likeness (QED) is 0.905. The Morgan fingerprint density at radius 2 is 2.04 bits per heavy atom. The topological polar surface area (TPSA) is 48.5 Å². The first-order valence-corrected chi connectivity index (χ1v) is 8.15. The molecule has 1 aromatic heterocycles. The Bertz CT molecular complexity index is 516. The van der Waals surface area contributed by atoms with Crippen LogP contribution in [0.15, 0.2) is 24.4 Å². The number of carbonyl (C=O) groups is 1. The SMILES string of the molecule is O=C(NC1CCN(c2ccccn2)CC1)N(CC(F)F)C1CC1. The van der Waals surface area contributed by atoms with Gasteiger partial charge in [0.2, 0.25) is 0 Å². The van der Waals surface area contributed by atoms with E-state index in [1.165, 1.54) is 4.90 Å². The fourth-order valence-electron chi connectivity index (χ4n) is 2.98. The lowest BCUT2D eigenvalue weighted by atomic mass is 10.1. The van der Waals surface area contributed by atoms with E-state index in [1.807, 2.05) is 18.2 Å². The van der Waals surface area contributed by atoms with Gasteiger partial charge in [-0.25, -0.2) is 18.6 Å². The first kappa shape index (κ1) is 16.0. The third-order valence-electron chi connectivity index (χ3n) is 4.38. The summed E-state index contributed by atoms with van der Waals surface area (Å²) >= 11 is 0. The Labute approximate surface area is 134 Å². The molecule has 1 saturated heterocycles. The molecule has 1 aliphatic carbocycles. The number of carbonyl (C=O) groups excluding carboxylic acids is 1. The zero-order valence-corrected chi connectivity index (χ0v) is 13.0. The second-order valence-corrected chi connectivity index (χ2v) is 6.17. The Hall–Kier alpha value is -1.92. The first-order chi connectivity index (χ1) is 11.1. The minimum Gasteiger partial charge on any atom is -0.356 e. The van der Waals surface area contributed by atoms with Gasteiger partial charge in [-0.3, -0.25) is 0 Å². The normalized spacial score (nSPS) is 19.0. The first-order valence-electron chi connectivity index (χ1n) is 8.15. The molecule has 126 valence electrons. The summed E-state index contributed by atoms with van der Waals surface area (Å²) in [5.41, 5.74) is 0. The van der Waals surface area contributed by atoms with Gasteiger partial charge in [-0.1, -0.05) is 6.07 Å². The fourth-order valence-corrected chi connectivity index (χ4v) is 2.98. The van der Waals surface area contributed by atoms with E-state index in [0.717, 1.165) is 44.6 Å². The Kier molecular flexibility index (Phi) is 4.93. The number of hydrogen-bond donors (Lipinski definition) is 1. The number of urea groups is 1. The van der Waals surface area contributed by atoms with Crippen LogP contribution in [0.2, 0.25) is 0 Å². The van der Waals surface area contributed by atoms with E-state index in [9.17, 15) is 13.6 Å². The highest BCUT2D eigenvalue weighted by Crippen LogP contribution is 2.27. The maximum atomic E-state index is 12.6. The second kappa shape index (κ2) is 7.10. The molecular formula is C16H22F2N4O. The highest BCUT2D eigenvalue weighted by atomic mass is 19.3. The van der Waals surface area contributed by atoms with Crippen LogP contribution in [-0.4, -0.2) is 54.1 Å². The van der Waals surface area contributed by atoms with Gasteiger partial charge in [0, 0.05) is 31.4 Å². The third kappa shape index (κ3) is 4.30. The van der Waals surface area contributed by atoms with Gasteiger partial charge >= 0.3 is 6.03 Å². The highest BCUT2D eigenvalue weighted by Gasteiger charge is 2.35. The smallest absolute Gasteiger partial charge is 0.318 e. The number of nitrogens with zero attached hydrogens (tertiary/aromatic N) is 3. The van der Waals surface area contributed by atoms with Crippen LogP contribution in [0.3, 0.4) is 0 Å². The van der Waals surface area contributed by atoms with Crippen LogP contribution in [-0.2, 0) is 0 Å². The van der Waals surface area contributed by atoms with E-state index < -0.39 is 13.0 Å². The van der Waals surface area contributed by atoms with Crippen molar-refractivity contribution in [1.29, 1.82) is 0 Å². The molecule has 5 nitrogen and oxygen atoms in total. The molecule has 23 heavy (non-hydrogen) atoms. The maximum absolute atomic E-state index is 12.6. The van der Waals surface area contributed by atoms with E-state index in [0.29, 0.717) is 0 Å². The van der Waals surface area contributed by atoms with Crippen molar-refractivity contribution in [3.8, 4) is 0 Å². The molecule has 1 saturated carbocycles. The zero-order valence-electron chi connectivity index (χ0n) is 13.0. The molecule has 7 heteroatoms. The van der Waals surface area contributed by atoms with Crippen LogP contribution >= 0.6 is 0 Å². The number of hydrogen-bond acceptors (Lipinski definition) is 3. The van der Waals surface area contributed by atoms with Crippen molar-refractivity contribution in [2.24, 2.45) is 0 Å². The summed E-state index contributed by atoms with van der Waals surface area (Å²) in [4.78, 5) is 20.0. The van der Waals surface area contributed by atoms with E-state index in [-0.39, 0.29) is 18.1 Å². The predicted octanol–water partition coefficient (Wildman–Crippen LogP) is 2.49. The summed E-state index contributed by atoms with van der Waals surface area (Å²) in [6.07, 6.45) is 2.55. The van der Waals surface area contributed by atoms with Crippen LogP contribution in [0.25, 0.3) is 0 Å². The summed E-state index contributed by atoms with van der Waals surface area (Å²) in [7, 11) is 0. The molecule has 0 radical (unpaired) electrons. The summed E-state index contributed by atoms with van der Waals surface area (Å²) in [5.74, 6) is 0.939. The zero-order chi connectivity index (χ0) is 16.2. The standard InChI is InChI=1S/C16H22F2N4O/c17-14(18)11-22(13-4-5-13)16(23)20-12-6-9-21(10-7-12)15-3-1-2-8-19-15/h1-3,8,12-14H,4-7,9-11H2,(H,20,23). The highest BCUT2D eigenvalue weighted by molar-refractivity contribution is 5.75. The summed E-state index contributed by atoms with van der Waals surface area (Å²) in [6.45, 7) is 1.14. The lowest BCUT2D eigenvalue weighted by Crippen LogP contribution is -2.51. The van der Waals surface area contributed by atoms with Gasteiger partial charge < -0.3 is 15.1 Å². The molecule has 2 heterocycles. The van der Waals surface area contributed by atoms with E-state index >= 15 is 0 Å². The molecular weight excluding hydrogens is 302 g/mol. The Balaban J connectivity index is 1.49. The number of rotatable bonds is 5. The summed E-state index contributed by atoms with van der Waals surface area (Å²) in [6, 6.07) is 5.50. The minimum atomic E-state index is -2.48. The lowest BCUT2D eigenvalue weighted by molar-refractivity contribution is 0.0941. The van der Waals surface area contributed by atoms with Gasteiger partial charge in [0.1, 0.15) is 5.82 Å². The predicted molar refractivity (Wildman–Crippen MR) is 83.7 cm³/mol. The number of halogens is 2. The molecule has 0 bridgehead atoms. The Morgan fingerprint density at radius 1 is 1.30 bits per heavy atom. The second-order valence-electron chi connectivity index (χ2n) is 6.17. The van der Waals surface area contributed by atoms with Crippen LogP contribution in [0, 0.1) is 0 Å². The number of nitrogens with one attached hydrogen (secondary N) is 1. The third-order valence-corrected chi connectivity index (χ3v) is 4.38. The molecule has 1 aromatic rings. The molecule has 0 unspecified atom stereocenters. The van der Waals surface area contributed by atoms with E-state index in [1.54, 1.807) is 6.20 Å². The molecule has 0 aromatic carbocycles.